The SMILES string of the molecule is NC(=O)NC(N)=O.[Cu].[K]. The number of nitrogens with two attached hydrogens (primary N) is 2. The van der Waals surface area contributed by atoms with Gasteiger partial charge in [-0.1, -0.05) is 0 Å². The zero-order valence-electron chi connectivity index (χ0n) is 4.77. The van der Waals surface area contributed by atoms with Crippen molar-refractivity contribution in [2.45, 2.75) is 0 Å². The van der Waals surface area contributed by atoms with E-state index in [0.29, 0.717) is 0 Å². The summed E-state index contributed by atoms with van der Waals surface area (Å²) in [5.74, 6) is 0. The summed E-state index contributed by atoms with van der Waals surface area (Å²) in [5, 5.41) is 1.58. The van der Waals surface area contributed by atoms with E-state index in [2.05, 4.69) is 11.5 Å². The second kappa shape index (κ2) is 8.90. The minimum Gasteiger partial charge on any atom is -0.351 e. The Bertz CT molecular complexity index is 96.0. The molecule has 0 fully saturated rings. The Balaban J connectivity index is -0.000000180. The van der Waals surface area contributed by atoms with Crippen LogP contribution < -0.4 is 16.8 Å². The van der Waals surface area contributed by atoms with E-state index >= 15 is 0 Å². The second-order valence-corrected chi connectivity index (χ2v) is 0.854. The first kappa shape index (κ1) is 16.5. The van der Waals surface area contributed by atoms with Gasteiger partial charge in [0.2, 0.25) is 0 Å². The summed E-state index contributed by atoms with van der Waals surface area (Å²) in [6.07, 6.45) is 0. The minimum atomic E-state index is -0.938. The van der Waals surface area contributed by atoms with Crippen molar-refractivity contribution in [2.24, 2.45) is 11.5 Å². The number of rotatable bonds is 0. The van der Waals surface area contributed by atoms with Crippen LogP contribution in [0.1, 0.15) is 0 Å². The summed E-state index contributed by atoms with van der Waals surface area (Å²) >= 11 is 0. The van der Waals surface area contributed by atoms with E-state index in [1.807, 2.05) is 0 Å². The quantitative estimate of drug-likeness (QED) is 0.413. The third kappa shape index (κ3) is 17.6. The van der Waals surface area contributed by atoms with Crippen LogP contribution in [0.4, 0.5) is 9.59 Å². The zero-order chi connectivity index (χ0) is 5.86. The summed E-state index contributed by atoms with van der Waals surface area (Å²) in [5.41, 5.74) is 8.88. The normalized spacial score (nSPS) is 5.78. The average molecular weight is 206 g/mol. The summed E-state index contributed by atoms with van der Waals surface area (Å²) in [7, 11) is 0. The predicted molar refractivity (Wildman–Crippen MR) is 28.1 cm³/mol. The molecule has 7 heteroatoms. The first-order valence-electron chi connectivity index (χ1n) is 1.49. The van der Waals surface area contributed by atoms with Gasteiger partial charge in [0.05, 0.1) is 0 Å². The van der Waals surface area contributed by atoms with Crippen molar-refractivity contribution in [3.8, 4) is 0 Å². The molecule has 0 saturated heterocycles. The monoisotopic (exact) mass is 205 g/mol. The molecule has 0 atom stereocenters. The van der Waals surface area contributed by atoms with Gasteiger partial charge in [0.15, 0.2) is 0 Å². The van der Waals surface area contributed by atoms with E-state index in [-0.39, 0.29) is 68.5 Å². The molecule has 4 amide bonds. The molecule has 0 bridgehead atoms. The van der Waals surface area contributed by atoms with Crippen LogP contribution in [0.5, 0.6) is 0 Å². The fourth-order valence-electron chi connectivity index (χ4n) is 0.121. The maximum Gasteiger partial charge on any atom is 0.320 e. The maximum absolute atomic E-state index is 9.62. The number of hydrogen-bond donors (Lipinski definition) is 3. The molecule has 0 aromatic heterocycles. The molecule has 5 nitrogen and oxygen atoms in total. The molecule has 0 saturated carbocycles. The van der Waals surface area contributed by atoms with E-state index in [1.54, 1.807) is 5.32 Å². The molecule has 0 aliphatic heterocycles. The zero-order valence-corrected chi connectivity index (χ0v) is 8.84. The van der Waals surface area contributed by atoms with Crippen LogP contribution >= 0.6 is 0 Å². The number of nitrogens with one attached hydrogen (secondary N) is 1. The van der Waals surface area contributed by atoms with Gasteiger partial charge in [0.1, 0.15) is 0 Å². The van der Waals surface area contributed by atoms with Crippen LogP contribution in [0.25, 0.3) is 0 Å². The predicted octanol–water partition coefficient (Wildman–Crippen LogP) is -1.65. The van der Waals surface area contributed by atoms with Crippen molar-refractivity contribution < 1.29 is 26.7 Å². The van der Waals surface area contributed by atoms with Gasteiger partial charge in [-0.15, -0.1) is 0 Å². The van der Waals surface area contributed by atoms with Crippen molar-refractivity contribution in [1.82, 2.24) is 5.32 Å². The Morgan fingerprint density at radius 1 is 1.11 bits per heavy atom. The Morgan fingerprint density at radius 2 is 1.33 bits per heavy atom. The first-order valence-corrected chi connectivity index (χ1v) is 1.49. The molecule has 0 aromatic rings. The van der Waals surface area contributed by atoms with Crippen LogP contribution in [-0.2, 0) is 17.1 Å². The van der Waals surface area contributed by atoms with E-state index in [0.717, 1.165) is 0 Å². The standard InChI is InChI=1S/C2H5N3O2.Cu.K/c3-1(6)5-2(4)7;;/h(H5,3,4,5,6,7);;. The van der Waals surface area contributed by atoms with Crippen molar-refractivity contribution in [2.75, 3.05) is 0 Å². The second-order valence-electron chi connectivity index (χ2n) is 0.854. The van der Waals surface area contributed by atoms with Crippen LogP contribution in [0.3, 0.4) is 0 Å². The molecule has 2 radical (unpaired) electrons. The number of imide groups is 1. The van der Waals surface area contributed by atoms with Crippen molar-refractivity contribution in [3.05, 3.63) is 0 Å². The Kier molecular flexibility index (Phi) is 16.3. The maximum atomic E-state index is 9.62. The Hall–Kier alpha value is 0.896. The van der Waals surface area contributed by atoms with Crippen LogP contribution in [0.2, 0.25) is 0 Å². The molecule has 0 rings (SSSR count). The van der Waals surface area contributed by atoms with Crippen LogP contribution in [0.15, 0.2) is 0 Å². The third-order valence-corrected chi connectivity index (χ3v) is 0.246. The molecule has 0 spiro atoms. The number of amides is 4. The fraction of sp³-hybridized carbons (Fsp3) is 0. The molecule has 9 heavy (non-hydrogen) atoms. The Morgan fingerprint density at radius 3 is 1.33 bits per heavy atom. The van der Waals surface area contributed by atoms with E-state index < -0.39 is 12.1 Å². The molecular weight excluding hydrogens is 201 g/mol. The summed E-state index contributed by atoms with van der Waals surface area (Å²) in [6.45, 7) is 0. The van der Waals surface area contributed by atoms with E-state index in [9.17, 15) is 9.59 Å². The van der Waals surface area contributed by atoms with Gasteiger partial charge >= 0.3 is 12.1 Å². The van der Waals surface area contributed by atoms with Gasteiger partial charge in [-0.05, 0) is 0 Å². The summed E-state index contributed by atoms with van der Waals surface area (Å²) in [6, 6.07) is -1.88. The van der Waals surface area contributed by atoms with E-state index in [1.165, 1.54) is 0 Å². The number of primary amides is 2. The molecular formula is C2H5CuKN3O2. The molecule has 0 heterocycles. The topological polar surface area (TPSA) is 98.2 Å². The summed E-state index contributed by atoms with van der Waals surface area (Å²) < 4.78 is 0. The van der Waals surface area contributed by atoms with Gasteiger partial charge in [-0.2, -0.15) is 0 Å². The number of carbonyl (C=O) groups excluding carboxylic acids is 2. The number of carbonyl (C=O) groups is 2. The largest absolute Gasteiger partial charge is 0.351 e. The van der Waals surface area contributed by atoms with Gasteiger partial charge in [0, 0.05) is 68.5 Å². The third-order valence-electron chi connectivity index (χ3n) is 0.246. The Labute approximate surface area is 105 Å². The van der Waals surface area contributed by atoms with Gasteiger partial charge in [0.25, 0.3) is 0 Å². The van der Waals surface area contributed by atoms with Gasteiger partial charge in [-0.3, -0.25) is 5.32 Å². The average Bonchev–Trinajstić information content (AvgIpc) is 1.27. The van der Waals surface area contributed by atoms with Gasteiger partial charge in [-0.25, -0.2) is 9.59 Å². The smallest absolute Gasteiger partial charge is 0.320 e. The van der Waals surface area contributed by atoms with Crippen LogP contribution in [-0.4, -0.2) is 63.4 Å². The fourth-order valence-corrected chi connectivity index (χ4v) is 0.121. The molecule has 0 unspecified atom stereocenters. The molecule has 52 valence electrons. The molecule has 0 aliphatic rings. The summed E-state index contributed by atoms with van der Waals surface area (Å²) in [4.78, 5) is 19.2. The van der Waals surface area contributed by atoms with Crippen molar-refractivity contribution in [3.63, 3.8) is 0 Å². The number of hydrogen-bond acceptors (Lipinski definition) is 2. The van der Waals surface area contributed by atoms with Crippen molar-refractivity contribution in [1.29, 1.82) is 0 Å². The van der Waals surface area contributed by atoms with Crippen LogP contribution in [0, 0.1) is 0 Å². The van der Waals surface area contributed by atoms with Crippen molar-refractivity contribution >= 4 is 63.4 Å². The van der Waals surface area contributed by atoms with Gasteiger partial charge < -0.3 is 11.5 Å². The number of urea groups is 2. The minimum absolute atomic E-state index is 0. The first-order chi connectivity index (χ1) is 3.13. The van der Waals surface area contributed by atoms with E-state index in [4.69, 9.17) is 0 Å². The molecule has 0 aromatic carbocycles. The molecule has 5 N–H and O–H groups in total. The molecule has 0 aliphatic carbocycles.